The van der Waals surface area contributed by atoms with Crippen molar-refractivity contribution in [1.29, 1.82) is 0 Å². The highest BCUT2D eigenvalue weighted by Gasteiger charge is 2.20. The van der Waals surface area contributed by atoms with Crippen molar-refractivity contribution in [2.24, 2.45) is 0 Å². The lowest BCUT2D eigenvalue weighted by atomic mass is 10.1. The summed E-state index contributed by atoms with van der Waals surface area (Å²) in [7, 11) is 5.56. The van der Waals surface area contributed by atoms with E-state index >= 15 is 0 Å². The summed E-state index contributed by atoms with van der Waals surface area (Å²) in [5, 5.41) is 11.1. The molecule has 0 bridgehead atoms. The van der Waals surface area contributed by atoms with Crippen LogP contribution in [0.2, 0.25) is 0 Å². The maximum Gasteiger partial charge on any atom is 0.229 e. The van der Waals surface area contributed by atoms with Crippen LogP contribution in [0, 0.1) is 13.8 Å². The Morgan fingerprint density at radius 2 is 1.97 bits per heavy atom. The highest BCUT2D eigenvalue weighted by atomic mass is 16.5. The second-order valence-electron chi connectivity index (χ2n) is 7.07. The molecule has 2 N–H and O–H groups in total. The molecular weight excluding hydrogens is 366 g/mol. The van der Waals surface area contributed by atoms with Gasteiger partial charge in [-0.15, -0.1) is 0 Å². The molecule has 0 unspecified atom stereocenters. The van der Waals surface area contributed by atoms with Gasteiger partial charge in [0.05, 0.1) is 12.8 Å². The molecule has 0 atom stereocenters. The van der Waals surface area contributed by atoms with Crippen LogP contribution in [-0.2, 0) is 6.54 Å². The number of nitrogens with one attached hydrogen (secondary N) is 2. The van der Waals surface area contributed by atoms with E-state index in [4.69, 9.17) is 9.84 Å². The smallest absolute Gasteiger partial charge is 0.229 e. The molecule has 0 fully saturated rings. The fraction of sp³-hybridized carbons (Fsp3) is 0.286. The molecule has 3 heterocycles. The summed E-state index contributed by atoms with van der Waals surface area (Å²) in [4.78, 5) is 11.1. The lowest BCUT2D eigenvalue weighted by Crippen LogP contribution is -2.14. The Balaban J connectivity index is 1.74. The number of hydrogen-bond acceptors (Lipinski definition) is 7. The molecule has 0 saturated carbocycles. The van der Waals surface area contributed by atoms with Gasteiger partial charge in [0.25, 0.3) is 0 Å². The van der Waals surface area contributed by atoms with Gasteiger partial charge in [0.2, 0.25) is 5.95 Å². The van der Waals surface area contributed by atoms with Crippen molar-refractivity contribution < 1.29 is 4.74 Å². The Morgan fingerprint density at radius 1 is 1.14 bits per heavy atom. The van der Waals surface area contributed by atoms with Gasteiger partial charge in [-0.2, -0.15) is 10.1 Å². The standard InChI is InChI=1S/C21H25N7O/c1-13-10-20(22-3)25-21(23-13)24-15-6-7-19(29-5)18(11-15)28-14(2)16-12-27(4)9-8-17(16)26-28/h6-11H,12H2,1-5H3,(H2,22,23,24,25). The van der Waals surface area contributed by atoms with Gasteiger partial charge in [-0.05, 0) is 38.1 Å². The fourth-order valence-electron chi connectivity index (χ4n) is 3.43. The van der Waals surface area contributed by atoms with Crippen molar-refractivity contribution in [1.82, 2.24) is 24.6 Å². The van der Waals surface area contributed by atoms with Crippen molar-refractivity contribution in [2.75, 3.05) is 31.8 Å². The SMILES string of the molecule is CNc1cc(C)nc(Nc2ccc(OC)c(-n3nc4c(c3C)CN(C)C=C4)c2)n1. The number of nitrogens with zero attached hydrogens (tertiary/aromatic N) is 5. The monoisotopic (exact) mass is 391 g/mol. The number of anilines is 3. The second-order valence-corrected chi connectivity index (χ2v) is 7.07. The van der Waals surface area contributed by atoms with Crippen LogP contribution in [0.4, 0.5) is 17.5 Å². The Hall–Kier alpha value is -3.55. The molecular formula is C21H25N7O. The molecule has 0 saturated heterocycles. The van der Waals surface area contributed by atoms with Gasteiger partial charge in [-0.3, -0.25) is 0 Å². The third kappa shape index (κ3) is 3.61. The summed E-state index contributed by atoms with van der Waals surface area (Å²) in [5.41, 5.74) is 5.90. The molecule has 2 aromatic heterocycles. The van der Waals surface area contributed by atoms with Crippen molar-refractivity contribution in [3.63, 3.8) is 0 Å². The molecule has 8 heteroatoms. The molecule has 0 amide bonds. The van der Waals surface area contributed by atoms with Gasteiger partial charge >= 0.3 is 0 Å². The minimum absolute atomic E-state index is 0.534. The maximum atomic E-state index is 5.61. The van der Waals surface area contributed by atoms with Crippen LogP contribution >= 0.6 is 0 Å². The van der Waals surface area contributed by atoms with E-state index in [1.54, 1.807) is 7.11 Å². The summed E-state index contributed by atoms with van der Waals surface area (Å²) in [6, 6.07) is 7.77. The number of fused-ring (bicyclic) bond motifs is 1. The van der Waals surface area contributed by atoms with Gasteiger partial charge < -0.3 is 20.3 Å². The van der Waals surface area contributed by atoms with E-state index in [1.165, 1.54) is 5.56 Å². The van der Waals surface area contributed by atoms with Gasteiger partial charge in [0.15, 0.2) is 0 Å². The third-order valence-corrected chi connectivity index (χ3v) is 4.94. The first-order valence-corrected chi connectivity index (χ1v) is 9.44. The van der Waals surface area contributed by atoms with Crippen molar-refractivity contribution in [3.05, 3.63) is 53.1 Å². The highest BCUT2D eigenvalue weighted by Crippen LogP contribution is 2.31. The van der Waals surface area contributed by atoms with E-state index in [0.29, 0.717) is 5.95 Å². The Bertz CT molecular complexity index is 1090. The Kier molecular flexibility index (Phi) is 4.84. The Morgan fingerprint density at radius 3 is 2.72 bits per heavy atom. The lowest BCUT2D eigenvalue weighted by molar-refractivity contribution is 0.411. The zero-order chi connectivity index (χ0) is 20.5. The molecule has 1 aromatic carbocycles. The minimum atomic E-state index is 0.534. The number of benzene rings is 1. The molecule has 3 aromatic rings. The van der Waals surface area contributed by atoms with E-state index in [-0.39, 0.29) is 0 Å². The van der Waals surface area contributed by atoms with Crippen LogP contribution in [0.3, 0.4) is 0 Å². The third-order valence-electron chi connectivity index (χ3n) is 4.94. The molecule has 29 heavy (non-hydrogen) atoms. The first-order valence-electron chi connectivity index (χ1n) is 9.44. The molecule has 150 valence electrons. The van der Waals surface area contributed by atoms with E-state index in [9.17, 15) is 0 Å². The fourth-order valence-corrected chi connectivity index (χ4v) is 3.43. The van der Waals surface area contributed by atoms with Crippen LogP contribution < -0.4 is 15.4 Å². The van der Waals surface area contributed by atoms with E-state index in [0.717, 1.165) is 46.6 Å². The molecule has 0 radical (unpaired) electrons. The lowest BCUT2D eigenvalue weighted by Gasteiger charge is -2.17. The number of hydrogen-bond donors (Lipinski definition) is 2. The number of aromatic nitrogens is 4. The zero-order valence-electron chi connectivity index (χ0n) is 17.3. The predicted molar refractivity (Wildman–Crippen MR) is 115 cm³/mol. The van der Waals surface area contributed by atoms with Crippen LogP contribution in [0.5, 0.6) is 5.75 Å². The summed E-state index contributed by atoms with van der Waals surface area (Å²) >= 11 is 0. The maximum absolute atomic E-state index is 5.61. The van der Waals surface area contributed by atoms with E-state index in [1.807, 2.05) is 55.2 Å². The highest BCUT2D eigenvalue weighted by molar-refractivity contribution is 5.64. The summed E-state index contributed by atoms with van der Waals surface area (Å²) < 4.78 is 7.55. The predicted octanol–water partition coefficient (Wildman–Crippen LogP) is 3.49. The van der Waals surface area contributed by atoms with Crippen molar-refractivity contribution >= 4 is 23.5 Å². The largest absolute Gasteiger partial charge is 0.494 e. The van der Waals surface area contributed by atoms with Crippen LogP contribution in [0.25, 0.3) is 11.8 Å². The Labute approximate surface area is 170 Å². The molecule has 4 rings (SSSR count). The summed E-state index contributed by atoms with van der Waals surface area (Å²) in [6.45, 7) is 4.86. The van der Waals surface area contributed by atoms with Crippen molar-refractivity contribution in [3.8, 4) is 11.4 Å². The molecule has 0 spiro atoms. The first kappa shape index (κ1) is 18.8. The average Bonchev–Trinajstić information content (AvgIpc) is 3.03. The number of methoxy groups -OCH3 is 1. The number of rotatable bonds is 5. The minimum Gasteiger partial charge on any atom is -0.494 e. The van der Waals surface area contributed by atoms with Crippen LogP contribution in [0.1, 0.15) is 22.6 Å². The second kappa shape index (κ2) is 7.46. The van der Waals surface area contributed by atoms with Gasteiger partial charge in [-0.1, -0.05) is 0 Å². The van der Waals surface area contributed by atoms with Gasteiger partial charge in [0, 0.05) is 55.5 Å². The van der Waals surface area contributed by atoms with Crippen LogP contribution in [0.15, 0.2) is 30.5 Å². The topological polar surface area (TPSA) is 80.1 Å². The van der Waals surface area contributed by atoms with Gasteiger partial charge in [-0.25, -0.2) is 9.67 Å². The van der Waals surface area contributed by atoms with E-state index in [2.05, 4.69) is 39.5 Å². The molecule has 0 aliphatic carbocycles. The first-order chi connectivity index (χ1) is 14.0. The number of ether oxygens (including phenoxy) is 1. The molecule has 1 aliphatic rings. The quantitative estimate of drug-likeness (QED) is 0.689. The average molecular weight is 391 g/mol. The normalized spacial score (nSPS) is 12.7. The summed E-state index contributed by atoms with van der Waals surface area (Å²) in [6.07, 6.45) is 4.08. The van der Waals surface area contributed by atoms with Crippen LogP contribution in [-0.4, -0.2) is 45.9 Å². The number of aryl methyl sites for hydroxylation is 1. The van der Waals surface area contributed by atoms with Crippen molar-refractivity contribution in [2.45, 2.75) is 20.4 Å². The van der Waals surface area contributed by atoms with Gasteiger partial charge in [0.1, 0.15) is 17.3 Å². The summed E-state index contributed by atoms with van der Waals surface area (Å²) in [5.74, 6) is 2.05. The molecule has 1 aliphatic heterocycles. The van der Waals surface area contributed by atoms with E-state index < -0.39 is 0 Å². The molecule has 8 nitrogen and oxygen atoms in total. The zero-order valence-corrected chi connectivity index (χ0v) is 17.3.